The number of rotatable bonds is 10. The SMILES string of the molecule is CCCCc1nc(Cl)c(CNCC(CC)(CC)CO)[nH]1. The zero-order valence-electron chi connectivity index (χ0n) is 12.9. The van der Waals surface area contributed by atoms with Gasteiger partial charge in [-0.05, 0) is 19.3 Å². The Morgan fingerprint density at radius 3 is 2.55 bits per heavy atom. The van der Waals surface area contributed by atoms with Gasteiger partial charge in [0.05, 0.1) is 5.69 Å². The lowest BCUT2D eigenvalue weighted by Gasteiger charge is -2.29. The molecule has 0 spiro atoms. The number of aromatic nitrogens is 2. The Balaban J connectivity index is 2.51. The molecule has 20 heavy (non-hydrogen) atoms. The molecule has 0 aliphatic heterocycles. The first-order chi connectivity index (χ1) is 9.60. The monoisotopic (exact) mass is 301 g/mol. The number of nitrogens with one attached hydrogen (secondary N) is 2. The number of nitrogens with zero attached hydrogens (tertiary/aromatic N) is 1. The molecule has 1 heterocycles. The van der Waals surface area contributed by atoms with Crippen molar-refractivity contribution < 1.29 is 5.11 Å². The van der Waals surface area contributed by atoms with Crippen molar-refractivity contribution >= 4 is 11.6 Å². The first kappa shape index (κ1) is 17.5. The molecule has 0 aliphatic rings. The summed E-state index contributed by atoms with van der Waals surface area (Å²) in [6, 6.07) is 0. The minimum atomic E-state index is -0.0302. The van der Waals surface area contributed by atoms with E-state index in [0.29, 0.717) is 11.7 Å². The number of halogens is 1. The predicted molar refractivity (Wildman–Crippen MR) is 84.0 cm³/mol. The van der Waals surface area contributed by atoms with Crippen molar-refractivity contribution in [3.05, 3.63) is 16.7 Å². The van der Waals surface area contributed by atoms with Gasteiger partial charge in [-0.25, -0.2) is 4.98 Å². The molecule has 116 valence electrons. The molecule has 0 aliphatic carbocycles. The van der Waals surface area contributed by atoms with Crippen molar-refractivity contribution in [1.29, 1.82) is 0 Å². The van der Waals surface area contributed by atoms with Crippen LogP contribution in [0.25, 0.3) is 0 Å². The maximum atomic E-state index is 9.54. The van der Waals surface area contributed by atoms with Crippen LogP contribution in [-0.4, -0.2) is 28.2 Å². The number of hydrogen-bond acceptors (Lipinski definition) is 3. The number of imidazole rings is 1. The first-order valence-electron chi connectivity index (χ1n) is 7.65. The molecule has 0 fully saturated rings. The van der Waals surface area contributed by atoms with E-state index in [9.17, 15) is 5.11 Å². The highest BCUT2D eigenvalue weighted by Crippen LogP contribution is 2.24. The van der Waals surface area contributed by atoms with Crippen molar-refractivity contribution in [2.45, 2.75) is 59.4 Å². The molecule has 0 saturated carbocycles. The van der Waals surface area contributed by atoms with Gasteiger partial charge in [-0.2, -0.15) is 0 Å². The smallest absolute Gasteiger partial charge is 0.151 e. The lowest BCUT2D eigenvalue weighted by Crippen LogP contribution is -2.36. The Hall–Kier alpha value is -0.580. The largest absolute Gasteiger partial charge is 0.396 e. The lowest BCUT2D eigenvalue weighted by atomic mass is 9.83. The van der Waals surface area contributed by atoms with Crippen LogP contribution in [-0.2, 0) is 13.0 Å². The van der Waals surface area contributed by atoms with Crippen LogP contribution in [0.1, 0.15) is 58.0 Å². The molecule has 0 unspecified atom stereocenters. The van der Waals surface area contributed by atoms with Crippen LogP contribution in [0.15, 0.2) is 0 Å². The molecular formula is C15H28ClN3O. The van der Waals surface area contributed by atoms with E-state index in [1.54, 1.807) is 0 Å². The van der Waals surface area contributed by atoms with Crippen LogP contribution in [0, 0.1) is 5.41 Å². The number of aromatic amines is 1. The maximum Gasteiger partial charge on any atom is 0.151 e. The molecule has 1 aromatic rings. The van der Waals surface area contributed by atoms with Gasteiger partial charge in [-0.3, -0.25) is 0 Å². The summed E-state index contributed by atoms with van der Waals surface area (Å²) in [4.78, 5) is 7.63. The lowest BCUT2D eigenvalue weighted by molar-refractivity contribution is 0.113. The summed E-state index contributed by atoms with van der Waals surface area (Å²) in [5.41, 5.74) is 0.911. The Bertz CT molecular complexity index is 380. The molecule has 5 heteroatoms. The third-order valence-corrected chi connectivity index (χ3v) is 4.49. The highest BCUT2D eigenvalue weighted by atomic mass is 35.5. The van der Waals surface area contributed by atoms with Crippen LogP contribution in [0.3, 0.4) is 0 Å². The van der Waals surface area contributed by atoms with E-state index in [1.165, 1.54) is 0 Å². The second-order valence-electron chi connectivity index (χ2n) is 5.53. The third-order valence-electron chi connectivity index (χ3n) is 4.18. The molecule has 0 saturated heterocycles. The Labute approximate surface area is 127 Å². The Morgan fingerprint density at radius 1 is 1.30 bits per heavy atom. The summed E-state index contributed by atoms with van der Waals surface area (Å²) in [6.07, 6.45) is 5.14. The summed E-state index contributed by atoms with van der Waals surface area (Å²) in [7, 11) is 0. The van der Waals surface area contributed by atoms with E-state index >= 15 is 0 Å². The summed E-state index contributed by atoms with van der Waals surface area (Å²) >= 11 is 6.14. The van der Waals surface area contributed by atoms with E-state index in [1.807, 2.05) is 0 Å². The van der Waals surface area contributed by atoms with Crippen LogP contribution in [0.5, 0.6) is 0 Å². The van der Waals surface area contributed by atoms with Crippen molar-refractivity contribution in [2.24, 2.45) is 5.41 Å². The van der Waals surface area contributed by atoms with E-state index in [-0.39, 0.29) is 12.0 Å². The van der Waals surface area contributed by atoms with E-state index in [0.717, 1.165) is 50.2 Å². The van der Waals surface area contributed by atoms with Crippen LogP contribution < -0.4 is 5.32 Å². The van der Waals surface area contributed by atoms with Gasteiger partial charge in [0, 0.05) is 31.5 Å². The number of aliphatic hydroxyl groups excluding tert-OH is 1. The molecule has 0 amide bonds. The molecule has 4 nitrogen and oxygen atoms in total. The van der Waals surface area contributed by atoms with Gasteiger partial charge in [0.1, 0.15) is 5.82 Å². The number of H-pyrrole nitrogens is 1. The average Bonchev–Trinajstić information content (AvgIpc) is 2.82. The second-order valence-corrected chi connectivity index (χ2v) is 5.88. The molecule has 0 bridgehead atoms. The van der Waals surface area contributed by atoms with E-state index in [2.05, 4.69) is 36.1 Å². The second kappa shape index (κ2) is 8.65. The van der Waals surface area contributed by atoms with Gasteiger partial charge in [-0.1, -0.05) is 38.8 Å². The minimum Gasteiger partial charge on any atom is -0.396 e. The summed E-state index contributed by atoms with van der Waals surface area (Å²) in [6.45, 7) is 8.07. The first-order valence-corrected chi connectivity index (χ1v) is 8.03. The molecule has 1 aromatic heterocycles. The summed E-state index contributed by atoms with van der Waals surface area (Å²) in [5, 5.41) is 13.5. The normalized spacial score (nSPS) is 12.1. The highest BCUT2D eigenvalue weighted by Gasteiger charge is 2.24. The van der Waals surface area contributed by atoms with Gasteiger partial charge in [-0.15, -0.1) is 0 Å². The summed E-state index contributed by atoms with van der Waals surface area (Å²) in [5.74, 6) is 0.966. The Morgan fingerprint density at radius 2 is 2.00 bits per heavy atom. The van der Waals surface area contributed by atoms with Crippen molar-refractivity contribution in [2.75, 3.05) is 13.2 Å². The molecule has 0 radical (unpaired) electrons. The number of hydrogen-bond donors (Lipinski definition) is 3. The quantitative estimate of drug-likeness (QED) is 0.621. The molecule has 0 atom stereocenters. The topological polar surface area (TPSA) is 60.9 Å². The van der Waals surface area contributed by atoms with Crippen LogP contribution in [0.4, 0.5) is 0 Å². The average molecular weight is 302 g/mol. The van der Waals surface area contributed by atoms with E-state index < -0.39 is 0 Å². The number of aliphatic hydroxyl groups is 1. The fraction of sp³-hybridized carbons (Fsp3) is 0.800. The minimum absolute atomic E-state index is 0.0302. The number of aryl methyl sites for hydroxylation is 1. The zero-order chi connectivity index (χ0) is 15.0. The van der Waals surface area contributed by atoms with Gasteiger partial charge in [0.15, 0.2) is 5.15 Å². The highest BCUT2D eigenvalue weighted by molar-refractivity contribution is 6.30. The fourth-order valence-corrected chi connectivity index (χ4v) is 2.47. The standard InChI is InChI=1S/C15H28ClN3O/c1-4-7-8-13-18-12(14(16)19-13)9-17-10-15(5-2,6-3)11-20/h17,20H,4-11H2,1-3H3,(H,18,19). The van der Waals surface area contributed by atoms with Crippen molar-refractivity contribution in [3.8, 4) is 0 Å². The summed E-state index contributed by atoms with van der Waals surface area (Å²) < 4.78 is 0. The van der Waals surface area contributed by atoms with Crippen molar-refractivity contribution in [3.63, 3.8) is 0 Å². The molecule has 0 aromatic carbocycles. The Kier molecular flexibility index (Phi) is 7.56. The van der Waals surface area contributed by atoms with E-state index in [4.69, 9.17) is 11.6 Å². The van der Waals surface area contributed by atoms with Gasteiger partial charge >= 0.3 is 0 Å². The maximum absolute atomic E-state index is 9.54. The van der Waals surface area contributed by atoms with Gasteiger partial charge in [0.2, 0.25) is 0 Å². The van der Waals surface area contributed by atoms with Crippen LogP contribution >= 0.6 is 11.6 Å². The molecular weight excluding hydrogens is 274 g/mol. The van der Waals surface area contributed by atoms with Crippen molar-refractivity contribution in [1.82, 2.24) is 15.3 Å². The third kappa shape index (κ3) is 4.76. The number of unbranched alkanes of at least 4 members (excludes halogenated alkanes) is 1. The van der Waals surface area contributed by atoms with Crippen LogP contribution in [0.2, 0.25) is 5.15 Å². The zero-order valence-corrected chi connectivity index (χ0v) is 13.7. The van der Waals surface area contributed by atoms with Gasteiger partial charge < -0.3 is 15.4 Å². The molecule has 1 rings (SSSR count). The molecule has 3 N–H and O–H groups in total. The predicted octanol–water partition coefficient (Wildman–Crippen LogP) is 3.29. The fourth-order valence-electron chi connectivity index (χ4n) is 2.25. The van der Waals surface area contributed by atoms with Gasteiger partial charge in [0.25, 0.3) is 0 Å².